The molecule has 6 atom stereocenters. The number of nitrogens with one attached hydrogen (secondary N) is 1. The summed E-state index contributed by atoms with van der Waals surface area (Å²) in [7, 11) is 3.05. The van der Waals surface area contributed by atoms with E-state index in [1.54, 1.807) is 6.07 Å². The van der Waals surface area contributed by atoms with Gasteiger partial charge < -0.3 is 21.3 Å². The van der Waals surface area contributed by atoms with Crippen LogP contribution >= 0.6 is 0 Å². The van der Waals surface area contributed by atoms with Crippen molar-refractivity contribution in [3.05, 3.63) is 23.3 Å². The third-order valence-corrected chi connectivity index (χ3v) is 7.24. The van der Waals surface area contributed by atoms with Crippen LogP contribution < -0.4 is 11.1 Å². The molecule has 4 rings (SSSR count). The smallest absolute Gasteiger partial charge is 0.235 e. The lowest BCUT2D eigenvalue weighted by Crippen LogP contribution is -2.74. The van der Waals surface area contributed by atoms with Gasteiger partial charge in [0.05, 0.1) is 23.2 Å². The highest BCUT2D eigenvalue weighted by atomic mass is 16.3. The molecule has 1 aromatic rings. The minimum absolute atomic E-state index is 0.0151. The van der Waals surface area contributed by atoms with Crippen molar-refractivity contribution in [2.24, 2.45) is 29.4 Å². The molecule has 2 fully saturated rings. The van der Waals surface area contributed by atoms with Crippen molar-refractivity contribution < 1.29 is 39.0 Å². The molecule has 5 N–H and O–H groups in total. The number of hydrogen-bond acceptors (Lipinski definition) is 9. The molecule has 34 heavy (non-hydrogen) atoms. The maximum Gasteiger partial charge on any atom is 0.235 e. The van der Waals surface area contributed by atoms with Crippen LogP contribution in [0.2, 0.25) is 0 Å². The number of nitrogens with zero attached hydrogens (tertiary/aromatic N) is 1. The van der Waals surface area contributed by atoms with Crippen LogP contribution in [0.3, 0.4) is 0 Å². The third-order valence-electron chi connectivity index (χ3n) is 7.24. The van der Waals surface area contributed by atoms with Gasteiger partial charge in [-0.25, -0.2) is 0 Å². The minimum atomic E-state index is -2.76. The molecule has 0 spiro atoms. The fourth-order valence-corrected chi connectivity index (χ4v) is 5.87. The number of benzene rings is 1. The lowest BCUT2D eigenvalue weighted by molar-refractivity contribution is -0.181. The van der Waals surface area contributed by atoms with Crippen molar-refractivity contribution in [3.8, 4) is 5.75 Å². The first-order valence-electron chi connectivity index (χ1n) is 10.8. The van der Waals surface area contributed by atoms with E-state index >= 15 is 0 Å². The number of carbonyl (C=O) groups is 6. The highest BCUT2D eigenvalue weighted by Gasteiger charge is 2.69. The number of primary amides is 1. The number of amides is 2. The number of likely N-dealkylation sites (N-methyl/N-ethyl adjacent to an activating group) is 1. The molecule has 2 unspecified atom stereocenters. The number of hydrogen-bond donors (Lipinski definition) is 4. The number of phenols is 1. The number of aliphatic hydroxyl groups is 1. The van der Waals surface area contributed by atoms with Gasteiger partial charge in [-0.05, 0) is 44.5 Å². The maximum atomic E-state index is 13.6. The molecule has 3 aliphatic rings. The second kappa shape index (κ2) is 7.81. The van der Waals surface area contributed by atoms with E-state index in [1.807, 2.05) is 0 Å². The summed E-state index contributed by atoms with van der Waals surface area (Å²) in [6, 6.07) is 1.86. The van der Waals surface area contributed by atoms with Crippen LogP contribution in [0.1, 0.15) is 29.3 Å². The summed E-state index contributed by atoms with van der Waals surface area (Å²) in [6.45, 7) is 1.23. The lowest BCUT2D eigenvalue weighted by atomic mass is 9.52. The molecule has 1 aromatic carbocycles. The van der Waals surface area contributed by atoms with E-state index in [-0.39, 0.29) is 24.1 Å². The summed E-state index contributed by atoms with van der Waals surface area (Å²) in [6.07, 6.45) is 0.151. The SMILES string of the molecule is CC(=O)Nc1ccc2c(c1O)C(=O)C1C(=O)[C@@]3(O)C(=O)C(C(N)=O)C(=O)[C@H](N(C)C)[C@H]3C[C@H]1C2. The Labute approximate surface area is 194 Å². The quantitative estimate of drug-likeness (QED) is 0.311. The van der Waals surface area contributed by atoms with Crippen LogP contribution in [0.5, 0.6) is 5.75 Å². The number of rotatable bonds is 3. The van der Waals surface area contributed by atoms with Crippen LogP contribution in [0, 0.1) is 23.7 Å². The second-order valence-corrected chi connectivity index (χ2v) is 9.47. The number of fused-ring (bicyclic) bond motifs is 3. The Kier molecular flexibility index (Phi) is 5.45. The Morgan fingerprint density at radius 2 is 1.79 bits per heavy atom. The molecular formula is C23H25N3O8. The van der Waals surface area contributed by atoms with E-state index < -0.39 is 76.0 Å². The van der Waals surface area contributed by atoms with Gasteiger partial charge in [-0.15, -0.1) is 0 Å². The average molecular weight is 471 g/mol. The summed E-state index contributed by atoms with van der Waals surface area (Å²) in [5.41, 5.74) is 2.78. The minimum Gasteiger partial charge on any atom is -0.505 e. The first-order valence-corrected chi connectivity index (χ1v) is 10.8. The zero-order chi connectivity index (χ0) is 25.3. The topological polar surface area (TPSA) is 184 Å². The summed E-state index contributed by atoms with van der Waals surface area (Å²) in [4.78, 5) is 78.1. The molecule has 11 nitrogen and oxygen atoms in total. The molecule has 2 saturated carbocycles. The predicted molar refractivity (Wildman–Crippen MR) is 116 cm³/mol. The van der Waals surface area contributed by atoms with Crippen molar-refractivity contribution in [2.75, 3.05) is 19.4 Å². The van der Waals surface area contributed by atoms with Gasteiger partial charge in [0.1, 0.15) is 5.75 Å². The first-order chi connectivity index (χ1) is 15.8. The van der Waals surface area contributed by atoms with Gasteiger partial charge in [0.25, 0.3) is 0 Å². The van der Waals surface area contributed by atoms with Gasteiger partial charge in [-0.3, -0.25) is 33.7 Å². The molecule has 0 aromatic heterocycles. The standard InChI is InChI=1S/C23H25N3O8/c1-8(27)25-12-5-4-9-6-10-7-11-16(26(2)3)19(30)15(22(24)33)21(32)23(11,34)20(31)14(10)18(29)13(9)17(12)28/h4-5,10-11,14-16,28,34H,6-7H2,1-3H3,(H2,24,33)(H,25,27)/t10-,11-,14?,15?,16-,23-/m1/s1. The molecule has 2 amide bonds. The summed E-state index contributed by atoms with van der Waals surface area (Å²) in [5, 5.41) is 24.5. The van der Waals surface area contributed by atoms with E-state index in [2.05, 4.69) is 5.32 Å². The fraction of sp³-hybridized carbons (Fsp3) is 0.478. The average Bonchev–Trinajstić information content (AvgIpc) is 2.72. The summed E-state index contributed by atoms with van der Waals surface area (Å²) >= 11 is 0. The monoisotopic (exact) mass is 471 g/mol. The molecule has 0 bridgehead atoms. The van der Waals surface area contributed by atoms with E-state index in [0.717, 1.165) is 0 Å². The number of phenolic OH excluding ortho intramolecular Hbond substituents is 1. The zero-order valence-corrected chi connectivity index (χ0v) is 18.8. The van der Waals surface area contributed by atoms with Gasteiger partial charge in [0.2, 0.25) is 11.8 Å². The second-order valence-electron chi connectivity index (χ2n) is 9.47. The number of aromatic hydroxyl groups is 1. The van der Waals surface area contributed by atoms with Crippen LogP contribution in [0.25, 0.3) is 0 Å². The van der Waals surface area contributed by atoms with Gasteiger partial charge in [0, 0.05) is 12.8 Å². The van der Waals surface area contributed by atoms with Gasteiger partial charge in [0.15, 0.2) is 34.7 Å². The molecule has 3 aliphatic carbocycles. The van der Waals surface area contributed by atoms with Crippen molar-refractivity contribution in [1.29, 1.82) is 0 Å². The maximum absolute atomic E-state index is 13.6. The number of ketones is 4. The normalized spacial score (nSPS) is 32.7. The van der Waals surface area contributed by atoms with Crippen LogP contribution in [-0.2, 0) is 30.4 Å². The molecule has 0 heterocycles. The molecule has 11 heteroatoms. The highest BCUT2D eigenvalue weighted by Crippen LogP contribution is 2.51. The third kappa shape index (κ3) is 3.11. The fourth-order valence-electron chi connectivity index (χ4n) is 5.87. The largest absolute Gasteiger partial charge is 0.505 e. The Morgan fingerprint density at radius 1 is 1.15 bits per heavy atom. The van der Waals surface area contributed by atoms with Crippen LogP contribution in [0.15, 0.2) is 12.1 Å². The number of nitrogens with two attached hydrogens (primary N) is 1. The Balaban J connectivity index is 1.84. The van der Waals surface area contributed by atoms with Crippen molar-refractivity contribution in [3.63, 3.8) is 0 Å². The lowest BCUT2D eigenvalue weighted by Gasteiger charge is -2.52. The number of anilines is 1. The van der Waals surface area contributed by atoms with Crippen molar-refractivity contribution in [1.82, 2.24) is 4.90 Å². The predicted octanol–water partition coefficient (Wildman–Crippen LogP) is -1.17. The Bertz CT molecular complexity index is 1170. The summed E-state index contributed by atoms with van der Waals surface area (Å²) in [5.74, 6) is -11.6. The highest BCUT2D eigenvalue weighted by molar-refractivity contribution is 6.32. The van der Waals surface area contributed by atoms with E-state index in [1.165, 1.54) is 32.0 Å². The van der Waals surface area contributed by atoms with Gasteiger partial charge in [-0.1, -0.05) is 6.07 Å². The number of carbonyl (C=O) groups excluding carboxylic acids is 6. The Hall–Kier alpha value is -3.44. The first kappa shape index (κ1) is 23.7. The number of Topliss-reactive ketones (excluding diaryl/α,β-unsaturated/α-hetero) is 4. The zero-order valence-electron chi connectivity index (χ0n) is 18.8. The van der Waals surface area contributed by atoms with Crippen LogP contribution in [0.4, 0.5) is 5.69 Å². The van der Waals surface area contributed by atoms with E-state index in [4.69, 9.17) is 5.73 Å². The molecule has 180 valence electrons. The molecule has 0 saturated heterocycles. The van der Waals surface area contributed by atoms with E-state index in [0.29, 0.717) is 5.56 Å². The molecule has 0 aliphatic heterocycles. The summed E-state index contributed by atoms with van der Waals surface area (Å²) < 4.78 is 0. The molecular weight excluding hydrogens is 446 g/mol. The van der Waals surface area contributed by atoms with Crippen molar-refractivity contribution >= 4 is 40.6 Å². The van der Waals surface area contributed by atoms with Crippen LogP contribution in [-0.4, -0.2) is 75.8 Å². The van der Waals surface area contributed by atoms with Gasteiger partial charge >= 0.3 is 0 Å². The van der Waals surface area contributed by atoms with Gasteiger partial charge in [-0.2, -0.15) is 0 Å². The molecule has 0 radical (unpaired) electrons. The van der Waals surface area contributed by atoms with E-state index in [9.17, 15) is 39.0 Å². The Morgan fingerprint density at radius 3 is 2.35 bits per heavy atom. The van der Waals surface area contributed by atoms with Crippen molar-refractivity contribution in [2.45, 2.75) is 31.4 Å².